The van der Waals surface area contributed by atoms with Crippen molar-refractivity contribution in [3.05, 3.63) is 222 Å². The zero-order chi connectivity index (χ0) is 37.2. The van der Waals surface area contributed by atoms with Crippen LogP contribution in [0.4, 0.5) is 17.1 Å². The molecular weight excluding hydrogens is 691 g/mol. The lowest BCUT2D eigenvalue weighted by atomic mass is 9.65. The molecule has 0 bridgehead atoms. The summed E-state index contributed by atoms with van der Waals surface area (Å²) in [6.07, 6.45) is 0. The first kappa shape index (κ1) is 30.9. The van der Waals surface area contributed by atoms with E-state index >= 15 is 0 Å². The topological polar surface area (TPSA) is 16.4 Å². The van der Waals surface area contributed by atoms with E-state index in [4.69, 9.17) is 4.42 Å². The van der Waals surface area contributed by atoms with Gasteiger partial charge in [0.05, 0.1) is 16.8 Å². The third kappa shape index (κ3) is 3.94. The van der Waals surface area contributed by atoms with Crippen LogP contribution < -0.4 is 4.90 Å². The van der Waals surface area contributed by atoms with E-state index in [0.717, 1.165) is 39.0 Å². The molecule has 2 aliphatic carbocycles. The Labute approximate surface area is 330 Å². The number of hydrogen-bond donors (Lipinski definition) is 0. The fraction of sp³-hybridized carbons (Fsp3) is 0.0182. The van der Waals surface area contributed by atoms with Gasteiger partial charge in [0.1, 0.15) is 11.2 Å². The minimum Gasteiger partial charge on any atom is -0.455 e. The quantitative estimate of drug-likeness (QED) is 0.168. The van der Waals surface area contributed by atoms with Crippen LogP contribution in [0.1, 0.15) is 22.3 Å². The van der Waals surface area contributed by atoms with Crippen LogP contribution in [0.3, 0.4) is 0 Å². The second-order valence-electron chi connectivity index (χ2n) is 15.5. The molecule has 10 aromatic rings. The molecule has 0 saturated heterocycles. The fourth-order valence-electron chi connectivity index (χ4n) is 10.6. The Morgan fingerprint density at radius 1 is 0.333 bits per heavy atom. The lowest BCUT2D eigenvalue weighted by Crippen LogP contribution is -2.29. The molecule has 0 N–H and O–H groups in total. The summed E-state index contributed by atoms with van der Waals surface area (Å²) in [6.45, 7) is 0. The maximum atomic E-state index is 6.89. The minimum absolute atomic E-state index is 0.659. The second-order valence-corrected chi connectivity index (χ2v) is 15.5. The molecule has 0 radical (unpaired) electrons. The SMILES string of the molecule is c1ccc2c(c1)-c1ccccc1N(c1ccc3c(c1)C1(c4ccccc4-c4ccccc4-3)c3ccccc3-c3c1ccc1c3oc3ccccc31)c1ccccc1-2. The van der Waals surface area contributed by atoms with Gasteiger partial charge < -0.3 is 9.32 Å². The number of anilines is 3. The average molecular weight is 724 g/mol. The smallest absolute Gasteiger partial charge is 0.143 e. The maximum absolute atomic E-state index is 6.89. The van der Waals surface area contributed by atoms with Crippen LogP contribution in [0.5, 0.6) is 0 Å². The van der Waals surface area contributed by atoms with Gasteiger partial charge in [-0.25, -0.2) is 0 Å². The highest BCUT2D eigenvalue weighted by molar-refractivity contribution is 6.13. The molecule has 2 heteroatoms. The Morgan fingerprint density at radius 2 is 0.825 bits per heavy atom. The van der Waals surface area contributed by atoms with E-state index in [2.05, 4.69) is 205 Å². The van der Waals surface area contributed by atoms with Crippen LogP contribution in [-0.2, 0) is 5.41 Å². The van der Waals surface area contributed by atoms with Crippen LogP contribution in [0, 0.1) is 0 Å². The summed E-state index contributed by atoms with van der Waals surface area (Å²) in [5.74, 6) is 0. The highest BCUT2D eigenvalue weighted by atomic mass is 16.3. The van der Waals surface area contributed by atoms with Crippen LogP contribution in [0.15, 0.2) is 205 Å². The molecule has 2 nitrogen and oxygen atoms in total. The molecule has 9 aromatic carbocycles. The van der Waals surface area contributed by atoms with Crippen LogP contribution in [0.25, 0.3) is 77.6 Å². The van der Waals surface area contributed by atoms with Gasteiger partial charge in [-0.05, 0) is 91.5 Å². The summed E-state index contributed by atoms with van der Waals surface area (Å²) in [4.78, 5) is 2.49. The van der Waals surface area contributed by atoms with E-state index in [0.29, 0.717) is 0 Å². The van der Waals surface area contributed by atoms with Crippen molar-refractivity contribution in [2.45, 2.75) is 5.41 Å². The normalized spacial score (nSPS) is 15.4. The number of furan rings is 1. The van der Waals surface area contributed by atoms with Gasteiger partial charge in [0.25, 0.3) is 0 Å². The number of fused-ring (bicyclic) bond motifs is 21. The van der Waals surface area contributed by atoms with Crippen LogP contribution >= 0.6 is 0 Å². The molecule has 1 spiro atoms. The van der Waals surface area contributed by atoms with E-state index in [9.17, 15) is 0 Å². The largest absolute Gasteiger partial charge is 0.455 e. The Bertz CT molecular complexity index is 3260. The summed E-state index contributed by atoms with van der Waals surface area (Å²) in [5.41, 5.74) is 22.0. The first-order valence-electron chi connectivity index (χ1n) is 19.8. The standard InChI is InChI=1S/C55H33NO/c1-2-16-36-35(15-1)39-19-5-10-24-46(39)55(47-25-11-6-23-45(47)53-48(55)32-31-44-43-22-9-14-28-52(43)57-54(44)53)49-33-34(29-30-40(36)49)56-50-26-12-7-20-41(50)37-17-3-4-18-38(37)42-21-8-13-27-51(42)56/h1-33H. The molecule has 2 heterocycles. The van der Waals surface area contributed by atoms with Gasteiger partial charge in [-0.3, -0.25) is 0 Å². The molecule has 1 unspecified atom stereocenters. The Balaban J connectivity index is 1.19. The highest BCUT2D eigenvalue weighted by Gasteiger charge is 2.51. The summed E-state index contributed by atoms with van der Waals surface area (Å²) in [6, 6.07) is 74.1. The summed E-state index contributed by atoms with van der Waals surface area (Å²) in [5, 5.41) is 2.29. The van der Waals surface area contributed by atoms with E-state index in [1.165, 1.54) is 77.9 Å². The third-order valence-electron chi connectivity index (χ3n) is 12.9. The number of benzene rings is 9. The Hall–Kier alpha value is -7.42. The molecule has 13 rings (SSSR count). The van der Waals surface area contributed by atoms with Gasteiger partial charge in [-0.15, -0.1) is 0 Å². The van der Waals surface area contributed by atoms with Crippen molar-refractivity contribution in [2.24, 2.45) is 0 Å². The molecule has 0 fully saturated rings. The predicted octanol–water partition coefficient (Wildman–Crippen LogP) is 14.7. The van der Waals surface area contributed by atoms with Crippen molar-refractivity contribution in [2.75, 3.05) is 4.90 Å². The van der Waals surface area contributed by atoms with E-state index in [1.54, 1.807) is 0 Å². The van der Waals surface area contributed by atoms with Crippen molar-refractivity contribution >= 4 is 39.0 Å². The number of hydrogen-bond acceptors (Lipinski definition) is 2. The van der Waals surface area contributed by atoms with Crippen molar-refractivity contribution < 1.29 is 4.42 Å². The van der Waals surface area contributed by atoms with Crippen molar-refractivity contribution in [3.8, 4) is 55.6 Å². The average Bonchev–Trinajstić information content (AvgIpc) is 3.73. The van der Waals surface area contributed by atoms with E-state index in [-0.39, 0.29) is 0 Å². The molecule has 0 saturated carbocycles. The molecule has 57 heavy (non-hydrogen) atoms. The molecule has 264 valence electrons. The number of nitrogens with zero attached hydrogens (tertiary/aromatic N) is 1. The Kier molecular flexibility index (Phi) is 6.13. The Morgan fingerprint density at radius 3 is 1.49 bits per heavy atom. The third-order valence-corrected chi connectivity index (χ3v) is 12.9. The lowest BCUT2D eigenvalue weighted by Gasteiger charge is -2.36. The van der Waals surface area contributed by atoms with Gasteiger partial charge in [-0.1, -0.05) is 170 Å². The van der Waals surface area contributed by atoms with E-state index < -0.39 is 5.41 Å². The number of para-hydroxylation sites is 3. The van der Waals surface area contributed by atoms with Gasteiger partial charge in [0, 0.05) is 33.2 Å². The summed E-state index contributed by atoms with van der Waals surface area (Å²) in [7, 11) is 0. The zero-order valence-corrected chi connectivity index (χ0v) is 30.9. The van der Waals surface area contributed by atoms with Gasteiger partial charge in [-0.2, -0.15) is 0 Å². The predicted molar refractivity (Wildman–Crippen MR) is 235 cm³/mol. The second kappa shape index (κ2) is 11.3. The van der Waals surface area contributed by atoms with Gasteiger partial charge in [0.15, 0.2) is 0 Å². The van der Waals surface area contributed by atoms with Crippen LogP contribution in [0.2, 0.25) is 0 Å². The first-order valence-corrected chi connectivity index (χ1v) is 19.8. The summed E-state index contributed by atoms with van der Waals surface area (Å²) >= 11 is 0. The van der Waals surface area contributed by atoms with Crippen molar-refractivity contribution in [3.63, 3.8) is 0 Å². The lowest BCUT2D eigenvalue weighted by molar-refractivity contribution is 0.669. The minimum atomic E-state index is -0.659. The van der Waals surface area contributed by atoms with Gasteiger partial charge >= 0.3 is 0 Å². The highest BCUT2D eigenvalue weighted by Crippen LogP contribution is 2.64. The van der Waals surface area contributed by atoms with Crippen LogP contribution in [-0.4, -0.2) is 0 Å². The molecule has 1 aromatic heterocycles. The van der Waals surface area contributed by atoms with Crippen molar-refractivity contribution in [1.82, 2.24) is 0 Å². The summed E-state index contributed by atoms with van der Waals surface area (Å²) < 4.78 is 6.89. The molecular formula is C55H33NO. The van der Waals surface area contributed by atoms with E-state index in [1.807, 2.05) is 0 Å². The monoisotopic (exact) mass is 723 g/mol. The van der Waals surface area contributed by atoms with Gasteiger partial charge in [0.2, 0.25) is 0 Å². The number of rotatable bonds is 1. The molecule has 3 aliphatic rings. The molecule has 1 aliphatic heterocycles. The van der Waals surface area contributed by atoms with Crippen molar-refractivity contribution in [1.29, 1.82) is 0 Å². The molecule has 1 atom stereocenters. The zero-order valence-electron chi connectivity index (χ0n) is 30.9. The first-order chi connectivity index (χ1) is 28.3. The fourth-order valence-corrected chi connectivity index (χ4v) is 10.6. The molecule has 0 amide bonds. The maximum Gasteiger partial charge on any atom is 0.143 e.